The standard InChI is InChI=1S/C28H34O12/c1-13-16(29)4-6-25(37-13)36-12-24-28(34)20(33)11-26(40-24)38-15-8-18(31)27-19(32)10-22(39-23(27)9-15)14-3-5-21(35-2)17(30)7-14/h3,5,7-9,13,16,20,22,24-26,28-31,33-34H,4,6,10-12H2,1-2H3/t13-,16+,20+,22?,24+,25+,26+,28-/m0/s1. The molecule has 5 N–H and O–H groups in total. The van der Waals surface area contributed by atoms with E-state index in [-0.39, 0.29) is 59.5 Å². The number of aliphatic hydroxyl groups is 3. The fraction of sp³-hybridized carbons (Fsp3) is 0.536. The minimum Gasteiger partial charge on any atom is -0.507 e. The molecule has 12 nitrogen and oxygen atoms in total. The van der Waals surface area contributed by atoms with E-state index < -0.39 is 49.2 Å². The number of aliphatic hydroxyl groups excluding tert-OH is 3. The van der Waals surface area contributed by atoms with E-state index in [4.69, 9.17) is 28.4 Å². The highest BCUT2D eigenvalue weighted by molar-refractivity contribution is 6.02. The van der Waals surface area contributed by atoms with Crippen molar-refractivity contribution in [1.29, 1.82) is 0 Å². The molecular weight excluding hydrogens is 528 g/mol. The van der Waals surface area contributed by atoms with E-state index in [1.807, 2.05) is 0 Å². The molecule has 0 saturated carbocycles. The highest BCUT2D eigenvalue weighted by Gasteiger charge is 2.39. The molecule has 0 aliphatic carbocycles. The van der Waals surface area contributed by atoms with Gasteiger partial charge in [-0.1, -0.05) is 6.07 Å². The SMILES string of the molecule is COc1ccc(C2CC(=O)c3c(O)cc(O[C@H]4C[C@@H](O)[C@H](O)[C@@H](CO[C@H]5CC[C@@H](O)[C@H](C)O5)O4)cc3O2)cc1O. The van der Waals surface area contributed by atoms with E-state index >= 15 is 0 Å². The molecule has 1 unspecified atom stereocenters. The lowest BCUT2D eigenvalue weighted by molar-refractivity contribution is -0.265. The number of phenolic OH excluding ortho intramolecular Hbond substituents is 2. The minimum atomic E-state index is -1.23. The van der Waals surface area contributed by atoms with Crippen molar-refractivity contribution in [2.24, 2.45) is 0 Å². The van der Waals surface area contributed by atoms with Crippen molar-refractivity contribution in [2.75, 3.05) is 13.7 Å². The lowest BCUT2D eigenvalue weighted by Crippen LogP contribution is -2.52. The van der Waals surface area contributed by atoms with Crippen LogP contribution in [0.5, 0.6) is 28.7 Å². The number of hydrogen-bond acceptors (Lipinski definition) is 12. The van der Waals surface area contributed by atoms with Crippen LogP contribution < -0.4 is 14.2 Å². The van der Waals surface area contributed by atoms with Crippen LogP contribution in [0.2, 0.25) is 0 Å². The van der Waals surface area contributed by atoms with Gasteiger partial charge in [-0.25, -0.2) is 0 Å². The van der Waals surface area contributed by atoms with Crippen LogP contribution in [0.4, 0.5) is 0 Å². The van der Waals surface area contributed by atoms with E-state index in [0.717, 1.165) is 0 Å². The van der Waals surface area contributed by atoms with Crippen LogP contribution in [-0.4, -0.2) is 88.1 Å². The Labute approximate surface area is 230 Å². The first-order valence-electron chi connectivity index (χ1n) is 13.2. The molecule has 3 heterocycles. The van der Waals surface area contributed by atoms with Gasteiger partial charge in [-0.3, -0.25) is 4.79 Å². The number of methoxy groups -OCH3 is 1. The van der Waals surface area contributed by atoms with E-state index in [1.54, 1.807) is 19.1 Å². The van der Waals surface area contributed by atoms with Crippen LogP contribution >= 0.6 is 0 Å². The second kappa shape index (κ2) is 11.8. The summed E-state index contributed by atoms with van der Waals surface area (Å²) in [5.41, 5.74) is 0.559. The van der Waals surface area contributed by atoms with Crippen molar-refractivity contribution in [3.63, 3.8) is 0 Å². The highest BCUT2D eigenvalue weighted by atomic mass is 16.7. The third kappa shape index (κ3) is 5.97. The molecule has 0 spiro atoms. The monoisotopic (exact) mass is 562 g/mol. The number of rotatable bonds is 7. The summed E-state index contributed by atoms with van der Waals surface area (Å²) in [6.07, 6.45) is -5.73. The molecule has 2 fully saturated rings. The zero-order valence-electron chi connectivity index (χ0n) is 22.1. The lowest BCUT2D eigenvalue weighted by atomic mass is 9.95. The molecule has 0 aromatic heterocycles. The molecule has 3 aliphatic rings. The molecule has 0 amide bonds. The molecule has 2 aromatic carbocycles. The number of hydrogen-bond donors (Lipinski definition) is 5. The maximum Gasteiger partial charge on any atom is 0.202 e. The number of Topliss-reactive ketones (excluding diaryl/α,β-unsaturated/α-hetero) is 1. The van der Waals surface area contributed by atoms with Gasteiger partial charge in [0.1, 0.15) is 41.1 Å². The number of ether oxygens (including phenoxy) is 6. The van der Waals surface area contributed by atoms with Crippen LogP contribution in [-0.2, 0) is 14.2 Å². The first kappa shape index (κ1) is 28.4. The summed E-state index contributed by atoms with van der Waals surface area (Å²) in [6, 6.07) is 7.39. The van der Waals surface area contributed by atoms with Gasteiger partial charge in [-0.05, 0) is 31.0 Å². The van der Waals surface area contributed by atoms with Gasteiger partial charge in [-0.2, -0.15) is 0 Å². The number of aromatic hydroxyl groups is 2. The normalized spacial score (nSPS) is 32.2. The Bertz CT molecular complexity index is 1220. The van der Waals surface area contributed by atoms with Crippen molar-refractivity contribution in [1.82, 2.24) is 0 Å². The van der Waals surface area contributed by atoms with Gasteiger partial charge < -0.3 is 54.0 Å². The number of carbonyl (C=O) groups excluding carboxylic acids is 1. The fourth-order valence-corrected chi connectivity index (χ4v) is 5.12. The van der Waals surface area contributed by atoms with Gasteiger partial charge in [0.25, 0.3) is 0 Å². The third-order valence-electron chi connectivity index (χ3n) is 7.40. The Hall–Kier alpha value is -3.13. The maximum absolute atomic E-state index is 12.9. The molecule has 3 aliphatic heterocycles. The van der Waals surface area contributed by atoms with Gasteiger partial charge in [0, 0.05) is 25.0 Å². The molecule has 12 heteroatoms. The predicted molar refractivity (Wildman–Crippen MR) is 137 cm³/mol. The van der Waals surface area contributed by atoms with Crippen molar-refractivity contribution >= 4 is 5.78 Å². The summed E-state index contributed by atoms with van der Waals surface area (Å²) < 4.78 is 34.2. The van der Waals surface area contributed by atoms with Crippen LogP contribution in [0, 0.1) is 0 Å². The molecule has 218 valence electrons. The van der Waals surface area contributed by atoms with Crippen molar-refractivity contribution in [2.45, 2.75) is 81.8 Å². The van der Waals surface area contributed by atoms with Gasteiger partial charge in [0.2, 0.25) is 6.29 Å². The van der Waals surface area contributed by atoms with E-state index in [0.29, 0.717) is 18.4 Å². The van der Waals surface area contributed by atoms with Crippen LogP contribution in [0.3, 0.4) is 0 Å². The van der Waals surface area contributed by atoms with Crippen molar-refractivity contribution < 1.29 is 58.7 Å². The van der Waals surface area contributed by atoms with Gasteiger partial charge in [0.15, 0.2) is 23.6 Å². The topological polar surface area (TPSA) is 174 Å². The second-order valence-corrected chi connectivity index (χ2v) is 10.2. The van der Waals surface area contributed by atoms with Crippen molar-refractivity contribution in [3.8, 4) is 28.7 Å². The molecule has 8 atom stereocenters. The van der Waals surface area contributed by atoms with Gasteiger partial charge in [0.05, 0.1) is 38.4 Å². The molecule has 0 bridgehead atoms. The van der Waals surface area contributed by atoms with E-state index in [1.165, 1.54) is 25.3 Å². The molecular formula is C28H34O12. The van der Waals surface area contributed by atoms with E-state index in [2.05, 4.69) is 0 Å². The summed E-state index contributed by atoms with van der Waals surface area (Å²) in [4.78, 5) is 12.9. The highest BCUT2D eigenvalue weighted by Crippen LogP contribution is 2.43. The van der Waals surface area contributed by atoms with Crippen LogP contribution in [0.1, 0.15) is 54.6 Å². The number of phenols is 2. The largest absolute Gasteiger partial charge is 0.507 e. The van der Waals surface area contributed by atoms with Gasteiger partial charge in [-0.15, -0.1) is 0 Å². The first-order chi connectivity index (χ1) is 19.1. The number of ketones is 1. The Morgan fingerprint density at radius 2 is 1.77 bits per heavy atom. The first-order valence-corrected chi connectivity index (χ1v) is 13.2. The summed E-state index contributed by atoms with van der Waals surface area (Å²) in [5.74, 6) is -0.291. The van der Waals surface area contributed by atoms with Crippen LogP contribution in [0.25, 0.3) is 0 Å². The maximum atomic E-state index is 12.9. The number of benzene rings is 2. The summed E-state index contributed by atoms with van der Waals surface area (Å²) >= 11 is 0. The minimum absolute atomic E-state index is 0.0134. The zero-order valence-corrected chi connectivity index (χ0v) is 22.1. The molecule has 2 aromatic rings. The Morgan fingerprint density at radius 3 is 2.50 bits per heavy atom. The second-order valence-electron chi connectivity index (χ2n) is 10.2. The number of carbonyl (C=O) groups is 1. The van der Waals surface area contributed by atoms with E-state index in [9.17, 15) is 30.3 Å². The average Bonchev–Trinajstić information content (AvgIpc) is 2.91. The molecule has 2 saturated heterocycles. The Balaban J connectivity index is 1.27. The lowest BCUT2D eigenvalue weighted by Gasteiger charge is -2.38. The zero-order chi connectivity index (χ0) is 28.6. The summed E-state index contributed by atoms with van der Waals surface area (Å²) in [5, 5.41) is 51.5. The molecule has 5 rings (SSSR count). The van der Waals surface area contributed by atoms with Crippen LogP contribution in [0.15, 0.2) is 30.3 Å². The average molecular weight is 563 g/mol. The Morgan fingerprint density at radius 1 is 0.975 bits per heavy atom. The third-order valence-corrected chi connectivity index (χ3v) is 7.40. The number of fused-ring (bicyclic) bond motifs is 1. The molecule has 0 radical (unpaired) electrons. The van der Waals surface area contributed by atoms with Gasteiger partial charge >= 0.3 is 0 Å². The fourth-order valence-electron chi connectivity index (χ4n) is 5.12. The quantitative estimate of drug-likeness (QED) is 0.332. The predicted octanol–water partition coefficient (Wildman–Crippen LogP) is 1.93. The summed E-state index contributed by atoms with van der Waals surface area (Å²) in [6.45, 7) is 1.66. The Kier molecular flexibility index (Phi) is 8.36. The smallest absolute Gasteiger partial charge is 0.202 e. The molecule has 40 heavy (non-hydrogen) atoms. The van der Waals surface area contributed by atoms with Crippen molar-refractivity contribution in [3.05, 3.63) is 41.5 Å². The summed E-state index contributed by atoms with van der Waals surface area (Å²) in [7, 11) is 1.43.